The molecule has 24 heavy (non-hydrogen) atoms. The van der Waals surface area contributed by atoms with E-state index in [1.54, 1.807) is 6.26 Å². The lowest BCUT2D eigenvalue weighted by molar-refractivity contribution is 0.0944. The first-order valence-corrected chi connectivity index (χ1v) is 8.22. The molecule has 3 aromatic rings. The highest BCUT2D eigenvalue weighted by molar-refractivity contribution is 7.13. The third-order valence-corrected chi connectivity index (χ3v) is 4.64. The highest BCUT2D eigenvalue weighted by Crippen LogP contribution is 2.24. The number of halogens is 1. The van der Waals surface area contributed by atoms with Crippen LogP contribution in [0.2, 0.25) is 0 Å². The molecule has 7 nitrogen and oxygen atoms in total. The highest BCUT2D eigenvalue weighted by atomic mass is 35.5. The van der Waals surface area contributed by atoms with E-state index in [0.717, 1.165) is 40.7 Å². The van der Waals surface area contributed by atoms with Crippen LogP contribution in [0.25, 0.3) is 10.8 Å². The number of thiazole rings is 1. The van der Waals surface area contributed by atoms with Gasteiger partial charge in [0.25, 0.3) is 5.91 Å². The molecule has 126 valence electrons. The lowest BCUT2D eigenvalue weighted by Crippen LogP contribution is -2.28. The third-order valence-electron chi connectivity index (χ3n) is 3.74. The first-order chi connectivity index (χ1) is 11.3. The van der Waals surface area contributed by atoms with E-state index in [0.29, 0.717) is 18.8 Å². The number of aromatic nitrogens is 3. The molecular weight excluding hydrogens is 350 g/mol. The van der Waals surface area contributed by atoms with E-state index in [2.05, 4.69) is 25.8 Å². The van der Waals surface area contributed by atoms with Gasteiger partial charge >= 0.3 is 0 Å². The number of hydrogen-bond donors (Lipinski definition) is 3. The Morgan fingerprint density at radius 2 is 2.38 bits per heavy atom. The summed E-state index contributed by atoms with van der Waals surface area (Å²) in [4.78, 5) is 16.8. The van der Waals surface area contributed by atoms with Gasteiger partial charge < -0.3 is 15.1 Å². The maximum absolute atomic E-state index is 12.3. The van der Waals surface area contributed by atoms with E-state index in [4.69, 9.17) is 4.42 Å². The van der Waals surface area contributed by atoms with Crippen LogP contribution < -0.4 is 10.6 Å². The maximum atomic E-state index is 12.3. The van der Waals surface area contributed by atoms with E-state index < -0.39 is 0 Å². The van der Waals surface area contributed by atoms with Gasteiger partial charge in [0.05, 0.1) is 18.5 Å². The number of furan rings is 1. The van der Waals surface area contributed by atoms with E-state index in [1.807, 2.05) is 17.5 Å². The van der Waals surface area contributed by atoms with Gasteiger partial charge in [-0.15, -0.1) is 23.7 Å². The Hall–Kier alpha value is -2.16. The first kappa shape index (κ1) is 16.7. The molecule has 0 bridgehead atoms. The molecule has 4 rings (SSSR count). The molecule has 3 N–H and O–H groups in total. The van der Waals surface area contributed by atoms with Crippen LogP contribution in [-0.4, -0.2) is 27.6 Å². The number of nitrogens with zero attached hydrogens (tertiary/aromatic N) is 2. The molecule has 0 atom stereocenters. The van der Waals surface area contributed by atoms with E-state index in [-0.39, 0.29) is 18.3 Å². The predicted octanol–water partition coefficient (Wildman–Crippen LogP) is 2.12. The predicted molar refractivity (Wildman–Crippen MR) is 92.2 cm³/mol. The average molecular weight is 366 g/mol. The smallest absolute Gasteiger partial charge is 0.272 e. The van der Waals surface area contributed by atoms with Gasteiger partial charge in [0, 0.05) is 36.1 Å². The number of nitrogens with one attached hydrogen (secondary N) is 3. The summed E-state index contributed by atoms with van der Waals surface area (Å²) >= 11 is 1.49. The minimum absolute atomic E-state index is 0. The number of carbonyl (C=O) groups excluding carboxylic acids is 1. The molecule has 9 heteroatoms. The van der Waals surface area contributed by atoms with Gasteiger partial charge in [-0.05, 0) is 12.1 Å². The number of rotatable bonds is 4. The standard InChI is InChI=1S/C15H15N5O2S.ClH/c21-14(13-10-7-16-4-3-11(10)19-20-13)17-6-9-8-23-15(18-9)12-2-1-5-22-12;/h1-2,5,8,16H,3-4,6-7H2,(H,17,21)(H,19,20);1H. The Morgan fingerprint density at radius 1 is 1.46 bits per heavy atom. The number of H-pyrrole nitrogens is 1. The maximum Gasteiger partial charge on any atom is 0.272 e. The second-order valence-electron chi connectivity index (χ2n) is 5.26. The van der Waals surface area contributed by atoms with Crippen LogP contribution in [0.5, 0.6) is 0 Å². The van der Waals surface area contributed by atoms with Crippen LogP contribution in [0.1, 0.15) is 27.4 Å². The van der Waals surface area contributed by atoms with Crippen molar-refractivity contribution in [3.63, 3.8) is 0 Å². The minimum Gasteiger partial charge on any atom is -0.462 e. The molecule has 1 aliphatic rings. The normalized spacial score (nSPS) is 13.2. The zero-order valence-electron chi connectivity index (χ0n) is 12.7. The number of fused-ring (bicyclic) bond motifs is 1. The van der Waals surface area contributed by atoms with Crippen LogP contribution in [0.4, 0.5) is 0 Å². The largest absolute Gasteiger partial charge is 0.462 e. The Bertz CT molecular complexity index is 827. The van der Waals surface area contributed by atoms with Gasteiger partial charge in [0.1, 0.15) is 0 Å². The van der Waals surface area contributed by atoms with Crippen molar-refractivity contribution in [1.82, 2.24) is 25.8 Å². The topological polar surface area (TPSA) is 95.8 Å². The van der Waals surface area contributed by atoms with Crippen LogP contribution >= 0.6 is 23.7 Å². The summed E-state index contributed by atoms with van der Waals surface area (Å²) in [7, 11) is 0. The summed E-state index contributed by atoms with van der Waals surface area (Å²) < 4.78 is 5.32. The van der Waals surface area contributed by atoms with E-state index >= 15 is 0 Å². The Balaban J connectivity index is 0.00000169. The van der Waals surface area contributed by atoms with Gasteiger partial charge in [0.15, 0.2) is 16.5 Å². The first-order valence-electron chi connectivity index (χ1n) is 7.34. The van der Waals surface area contributed by atoms with Crippen molar-refractivity contribution < 1.29 is 9.21 Å². The van der Waals surface area contributed by atoms with E-state index in [9.17, 15) is 4.79 Å². The SMILES string of the molecule is Cl.O=C(NCc1csc(-c2ccco2)n1)c1n[nH]c2c1CNCC2. The quantitative estimate of drug-likeness (QED) is 0.658. The monoisotopic (exact) mass is 365 g/mol. The molecular formula is C15H16ClN5O2S. The summed E-state index contributed by atoms with van der Waals surface area (Å²) in [5.41, 5.74) is 3.27. The fourth-order valence-electron chi connectivity index (χ4n) is 2.57. The molecule has 0 spiro atoms. The number of hydrogen-bond acceptors (Lipinski definition) is 6. The molecule has 0 radical (unpaired) electrons. The Morgan fingerprint density at radius 3 is 3.21 bits per heavy atom. The van der Waals surface area contributed by atoms with Crippen LogP contribution in [0.15, 0.2) is 28.2 Å². The number of carbonyl (C=O) groups is 1. The highest BCUT2D eigenvalue weighted by Gasteiger charge is 2.21. The van der Waals surface area contributed by atoms with Crippen LogP contribution in [-0.2, 0) is 19.5 Å². The summed E-state index contributed by atoms with van der Waals surface area (Å²) in [6, 6.07) is 3.69. The third kappa shape index (κ3) is 3.21. The summed E-state index contributed by atoms with van der Waals surface area (Å²) in [6.07, 6.45) is 2.49. The second kappa shape index (κ2) is 7.16. The van der Waals surface area contributed by atoms with Crippen molar-refractivity contribution in [2.24, 2.45) is 0 Å². The molecule has 4 heterocycles. The molecule has 0 saturated carbocycles. The van der Waals surface area contributed by atoms with Gasteiger partial charge in [-0.25, -0.2) is 4.98 Å². The molecule has 1 amide bonds. The number of amides is 1. The van der Waals surface area contributed by atoms with Crippen LogP contribution in [0.3, 0.4) is 0 Å². The van der Waals surface area contributed by atoms with Gasteiger partial charge in [-0.2, -0.15) is 5.10 Å². The van der Waals surface area contributed by atoms with Crippen molar-refractivity contribution in [3.8, 4) is 10.8 Å². The lowest BCUT2D eigenvalue weighted by Gasteiger charge is -2.12. The average Bonchev–Trinajstić information content (AvgIpc) is 3.31. The zero-order chi connectivity index (χ0) is 15.6. The fourth-order valence-corrected chi connectivity index (χ4v) is 3.36. The molecule has 0 fully saturated rings. The number of aromatic amines is 1. The molecule has 3 aromatic heterocycles. The second-order valence-corrected chi connectivity index (χ2v) is 6.12. The molecule has 0 aromatic carbocycles. The summed E-state index contributed by atoms with van der Waals surface area (Å²) in [5, 5.41) is 15.9. The van der Waals surface area contributed by atoms with Crippen molar-refractivity contribution in [1.29, 1.82) is 0 Å². The van der Waals surface area contributed by atoms with Crippen molar-refractivity contribution in [2.75, 3.05) is 6.54 Å². The van der Waals surface area contributed by atoms with E-state index in [1.165, 1.54) is 11.3 Å². The Labute approximate surface area is 148 Å². The minimum atomic E-state index is -0.182. The zero-order valence-corrected chi connectivity index (χ0v) is 14.3. The lowest BCUT2D eigenvalue weighted by atomic mass is 10.1. The van der Waals surface area contributed by atoms with Crippen LogP contribution in [0, 0.1) is 0 Å². The van der Waals surface area contributed by atoms with Crippen molar-refractivity contribution in [3.05, 3.63) is 46.4 Å². The molecule has 0 unspecified atom stereocenters. The van der Waals surface area contributed by atoms with Gasteiger partial charge in [-0.1, -0.05) is 0 Å². The van der Waals surface area contributed by atoms with Gasteiger partial charge in [-0.3, -0.25) is 9.89 Å². The summed E-state index contributed by atoms with van der Waals surface area (Å²) in [5.74, 6) is 0.554. The van der Waals surface area contributed by atoms with Gasteiger partial charge in [0.2, 0.25) is 0 Å². The molecule has 1 aliphatic heterocycles. The molecule has 0 saturated heterocycles. The Kier molecular flexibility index (Phi) is 4.98. The van der Waals surface area contributed by atoms with Crippen molar-refractivity contribution in [2.45, 2.75) is 19.5 Å². The summed E-state index contributed by atoms with van der Waals surface area (Å²) in [6.45, 7) is 1.95. The molecule has 0 aliphatic carbocycles. The van der Waals surface area contributed by atoms with Crippen molar-refractivity contribution >= 4 is 29.7 Å². The fraction of sp³-hybridized carbons (Fsp3) is 0.267.